The van der Waals surface area contributed by atoms with E-state index in [2.05, 4.69) is 16.0 Å². The lowest BCUT2D eigenvalue weighted by molar-refractivity contribution is -0.119. The summed E-state index contributed by atoms with van der Waals surface area (Å²) in [5, 5.41) is 8.52. The molecule has 0 bridgehead atoms. The monoisotopic (exact) mass is 347 g/mol. The average Bonchev–Trinajstić information content (AvgIpc) is 3.05. The molecule has 126 valence electrons. The summed E-state index contributed by atoms with van der Waals surface area (Å²) in [6, 6.07) is 6.91. The third-order valence-corrected chi connectivity index (χ3v) is 4.94. The highest BCUT2D eigenvalue weighted by atomic mass is 32.1. The Morgan fingerprint density at radius 3 is 2.92 bits per heavy atom. The van der Waals surface area contributed by atoms with Gasteiger partial charge in [-0.3, -0.25) is 9.59 Å². The lowest BCUT2D eigenvalue weighted by Crippen LogP contribution is -2.25. The highest BCUT2D eigenvalue weighted by molar-refractivity contribution is 7.14. The number of hydrogen-bond acceptors (Lipinski definition) is 4. The first-order valence-electron chi connectivity index (χ1n) is 7.70. The van der Waals surface area contributed by atoms with E-state index in [0.717, 1.165) is 17.0 Å². The molecule has 0 atom stereocenters. The first-order valence-corrected chi connectivity index (χ1v) is 8.51. The topological polar surface area (TPSA) is 70.2 Å². The first kappa shape index (κ1) is 16.6. The van der Waals surface area contributed by atoms with Crippen LogP contribution in [0.2, 0.25) is 0 Å². The van der Waals surface area contributed by atoms with Crippen molar-refractivity contribution in [3.63, 3.8) is 0 Å². The van der Waals surface area contributed by atoms with Gasteiger partial charge in [0.15, 0.2) is 0 Å². The number of rotatable bonds is 4. The third kappa shape index (κ3) is 3.63. The molecule has 0 saturated carbocycles. The van der Waals surface area contributed by atoms with Gasteiger partial charge in [-0.2, -0.15) is 0 Å². The van der Waals surface area contributed by atoms with Crippen LogP contribution in [0.5, 0.6) is 0 Å². The molecule has 2 heterocycles. The predicted molar refractivity (Wildman–Crippen MR) is 91.6 cm³/mol. The van der Waals surface area contributed by atoms with E-state index in [4.69, 9.17) is 0 Å². The number of nitrogens with one attached hydrogen (secondary N) is 3. The van der Waals surface area contributed by atoms with E-state index in [-0.39, 0.29) is 23.3 Å². The highest BCUT2D eigenvalue weighted by Crippen LogP contribution is 2.26. The van der Waals surface area contributed by atoms with Crippen molar-refractivity contribution in [1.29, 1.82) is 0 Å². The van der Waals surface area contributed by atoms with Gasteiger partial charge in [0.2, 0.25) is 5.91 Å². The van der Waals surface area contributed by atoms with Gasteiger partial charge in [0.05, 0.1) is 17.1 Å². The number of benzene rings is 1. The summed E-state index contributed by atoms with van der Waals surface area (Å²) >= 11 is 1.28. The summed E-state index contributed by atoms with van der Waals surface area (Å²) in [7, 11) is 0. The zero-order valence-corrected chi connectivity index (χ0v) is 14.1. The highest BCUT2D eigenvalue weighted by Gasteiger charge is 2.18. The van der Waals surface area contributed by atoms with Crippen LogP contribution in [0.4, 0.5) is 10.1 Å². The van der Waals surface area contributed by atoms with E-state index >= 15 is 0 Å². The summed E-state index contributed by atoms with van der Waals surface area (Å²) in [5.41, 5.74) is 1.81. The van der Waals surface area contributed by atoms with E-state index in [1.54, 1.807) is 18.2 Å². The standard InChI is InChI=1S/C17H18FN3O2S/c1-10(22)20-9-12-3-5-15(24-12)17(23)21-14-4-2-11-8-19-7-6-13(11)16(14)18/h2-5,19H,6-9H2,1H3,(H,20,22)(H,21,23). The van der Waals surface area contributed by atoms with Crippen molar-refractivity contribution in [2.45, 2.75) is 26.4 Å². The molecule has 1 aliphatic rings. The SMILES string of the molecule is CC(=O)NCc1ccc(C(=O)Nc2ccc3c(c2F)CCNC3)s1. The summed E-state index contributed by atoms with van der Waals surface area (Å²) in [4.78, 5) is 24.6. The molecule has 2 aromatic rings. The van der Waals surface area contributed by atoms with Crippen LogP contribution in [0.3, 0.4) is 0 Å². The van der Waals surface area contributed by atoms with Gasteiger partial charge in [-0.1, -0.05) is 6.07 Å². The second-order valence-corrected chi connectivity index (χ2v) is 6.79. The fourth-order valence-electron chi connectivity index (χ4n) is 2.62. The summed E-state index contributed by atoms with van der Waals surface area (Å²) in [6.07, 6.45) is 0.616. The number of halogens is 1. The molecule has 7 heteroatoms. The van der Waals surface area contributed by atoms with Crippen LogP contribution in [0, 0.1) is 5.82 Å². The lowest BCUT2D eigenvalue weighted by Gasteiger charge is -2.19. The van der Waals surface area contributed by atoms with Gasteiger partial charge in [0, 0.05) is 18.3 Å². The first-order chi connectivity index (χ1) is 11.5. The van der Waals surface area contributed by atoms with Crippen LogP contribution in [0.25, 0.3) is 0 Å². The van der Waals surface area contributed by atoms with E-state index in [1.165, 1.54) is 18.3 Å². The normalized spacial score (nSPS) is 13.2. The molecule has 0 spiro atoms. The fraction of sp³-hybridized carbons (Fsp3) is 0.294. The number of anilines is 1. The van der Waals surface area contributed by atoms with Crippen molar-refractivity contribution in [2.24, 2.45) is 0 Å². The quantitative estimate of drug-likeness (QED) is 0.795. The molecule has 0 fully saturated rings. The molecule has 2 amide bonds. The third-order valence-electron chi connectivity index (χ3n) is 3.85. The number of carbonyl (C=O) groups is 2. The van der Waals surface area contributed by atoms with Crippen LogP contribution < -0.4 is 16.0 Å². The van der Waals surface area contributed by atoms with E-state index < -0.39 is 0 Å². The van der Waals surface area contributed by atoms with Gasteiger partial charge in [-0.05, 0) is 42.3 Å². The van der Waals surface area contributed by atoms with Crippen molar-refractivity contribution in [1.82, 2.24) is 10.6 Å². The second-order valence-electron chi connectivity index (χ2n) is 5.62. The van der Waals surface area contributed by atoms with Crippen LogP contribution in [0.1, 0.15) is 32.6 Å². The number of amides is 2. The molecule has 24 heavy (non-hydrogen) atoms. The van der Waals surface area contributed by atoms with Crippen molar-refractivity contribution in [3.8, 4) is 0 Å². The number of fused-ring (bicyclic) bond motifs is 1. The number of hydrogen-bond donors (Lipinski definition) is 3. The molecule has 0 unspecified atom stereocenters. The van der Waals surface area contributed by atoms with Crippen molar-refractivity contribution in [2.75, 3.05) is 11.9 Å². The molecule has 0 saturated heterocycles. The Morgan fingerprint density at radius 1 is 1.29 bits per heavy atom. The predicted octanol–water partition coefficient (Wildman–Crippen LogP) is 2.42. The number of thiophene rings is 1. The van der Waals surface area contributed by atoms with Gasteiger partial charge in [0.25, 0.3) is 5.91 Å². The van der Waals surface area contributed by atoms with Crippen molar-refractivity contribution < 1.29 is 14.0 Å². The Morgan fingerprint density at radius 2 is 2.12 bits per heavy atom. The minimum Gasteiger partial charge on any atom is -0.351 e. The van der Waals surface area contributed by atoms with Gasteiger partial charge in [-0.15, -0.1) is 11.3 Å². The molecule has 1 aliphatic heterocycles. The van der Waals surface area contributed by atoms with Gasteiger partial charge in [0.1, 0.15) is 5.82 Å². The second kappa shape index (κ2) is 7.11. The van der Waals surface area contributed by atoms with E-state index in [0.29, 0.717) is 30.0 Å². The maximum Gasteiger partial charge on any atom is 0.265 e. The Labute approximate surface area is 143 Å². The Kier molecular flexibility index (Phi) is 4.92. The minimum atomic E-state index is -0.350. The van der Waals surface area contributed by atoms with Crippen LogP contribution >= 0.6 is 11.3 Å². The fourth-order valence-corrected chi connectivity index (χ4v) is 3.46. The Hall–Kier alpha value is -2.25. The molecule has 3 N–H and O–H groups in total. The van der Waals surface area contributed by atoms with Crippen LogP contribution in [0.15, 0.2) is 24.3 Å². The molecule has 3 rings (SSSR count). The van der Waals surface area contributed by atoms with Crippen LogP contribution in [-0.4, -0.2) is 18.4 Å². The Bertz CT molecular complexity index is 788. The van der Waals surface area contributed by atoms with E-state index in [9.17, 15) is 14.0 Å². The molecular formula is C17H18FN3O2S. The van der Waals surface area contributed by atoms with E-state index in [1.807, 2.05) is 6.07 Å². The zero-order valence-electron chi connectivity index (χ0n) is 13.2. The Balaban J connectivity index is 1.72. The average molecular weight is 347 g/mol. The van der Waals surface area contributed by atoms with Gasteiger partial charge in [-0.25, -0.2) is 4.39 Å². The summed E-state index contributed by atoms with van der Waals surface area (Å²) in [6.45, 7) is 3.21. The molecule has 0 aliphatic carbocycles. The lowest BCUT2D eigenvalue weighted by atomic mass is 9.99. The van der Waals surface area contributed by atoms with Gasteiger partial charge < -0.3 is 16.0 Å². The molecule has 0 radical (unpaired) electrons. The zero-order chi connectivity index (χ0) is 17.1. The molecule has 5 nitrogen and oxygen atoms in total. The van der Waals surface area contributed by atoms with Crippen LogP contribution in [-0.2, 0) is 24.3 Å². The molecular weight excluding hydrogens is 329 g/mol. The van der Waals surface area contributed by atoms with Crippen molar-refractivity contribution in [3.05, 3.63) is 51.0 Å². The number of carbonyl (C=O) groups excluding carboxylic acids is 2. The maximum atomic E-state index is 14.6. The van der Waals surface area contributed by atoms with Crippen molar-refractivity contribution >= 4 is 28.8 Å². The summed E-state index contributed by atoms with van der Waals surface area (Å²) in [5.74, 6) is -0.820. The smallest absolute Gasteiger partial charge is 0.265 e. The molecule has 1 aromatic carbocycles. The molecule has 1 aromatic heterocycles. The minimum absolute atomic E-state index is 0.125. The van der Waals surface area contributed by atoms with Gasteiger partial charge >= 0.3 is 0 Å². The maximum absolute atomic E-state index is 14.6. The largest absolute Gasteiger partial charge is 0.351 e. The summed E-state index contributed by atoms with van der Waals surface area (Å²) < 4.78 is 14.6.